The van der Waals surface area contributed by atoms with E-state index in [0.29, 0.717) is 78.7 Å². The fourth-order valence-corrected chi connectivity index (χ4v) is 3.94. The number of carbonyl (C=O) groups excluding carboxylic acids is 3. The van der Waals surface area contributed by atoms with Gasteiger partial charge in [0.25, 0.3) is 0 Å². The first kappa shape index (κ1) is 34.7. The monoisotopic (exact) mass is 602 g/mol. The topological polar surface area (TPSA) is 144 Å². The van der Waals surface area contributed by atoms with Gasteiger partial charge in [-0.25, -0.2) is 0 Å². The van der Waals surface area contributed by atoms with E-state index in [1.165, 1.54) is 0 Å². The van der Waals surface area contributed by atoms with Crippen molar-refractivity contribution < 1.29 is 57.0 Å². The third-order valence-electron chi connectivity index (χ3n) is 6.98. The van der Waals surface area contributed by atoms with E-state index in [1.54, 1.807) is 41.5 Å². The van der Waals surface area contributed by atoms with Gasteiger partial charge in [0.2, 0.25) is 0 Å². The van der Waals surface area contributed by atoms with Crippen LogP contribution in [0.5, 0.6) is 0 Å². The molecule has 242 valence electrons. The summed E-state index contributed by atoms with van der Waals surface area (Å²) in [7, 11) is 0. The minimum absolute atomic E-state index is 0.142. The molecule has 3 saturated heterocycles. The van der Waals surface area contributed by atoms with Gasteiger partial charge in [-0.05, 0) is 41.5 Å². The summed E-state index contributed by atoms with van der Waals surface area (Å²) < 4.78 is 49.3. The second-order valence-corrected chi connectivity index (χ2v) is 13.1. The summed E-state index contributed by atoms with van der Waals surface area (Å²) in [5, 5.41) is 0. The van der Waals surface area contributed by atoms with Gasteiger partial charge in [-0.2, -0.15) is 0 Å². The molecule has 3 fully saturated rings. The standard InChI is InChI=1S/C30H50O12/c1-28(2,7-10-34-15-22-18-37-22)40-25(31)13-21(27(33)42-30(5,6)9-12-36-17-24-20-39-24)14-26(32)41-29(3,4)8-11-35-16-23-19-38-23/h21-24H,7-20H2,1-6H3. The highest BCUT2D eigenvalue weighted by Gasteiger charge is 2.36. The molecule has 3 aliphatic rings. The van der Waals surface area contributed by atoms with E-state index in [2.05, 4.69) is 0 Å². The number of carbonyl (C=O) groups is 3. The van der Waals surface area contributed by atoms with Gasteiger partial charge < -0.3 is 42.6 Å². The maximum atomic E-state index is 13.3. The van der Waals surface area contributed by atoms with E-state index in [1.807, 2.05) is 0 Å². The molecule has 0 aromatic rings. The second-order valence-electron chi connectivity index (χ2n) is 13.1. The summed E-state index contributed by atoms with van der Waals surface area (Å²) in [5.41, 5.74) is -2.53. The highest BCUT2D eigenvalue weighted by atomic mass is 16.6. The van der Waals surface area contributed by atoms with Crippen LogP contribution in [0.1, 0.15) is 73.6 Å². The van der Waals surface area contributed by atoms with Crippen LogP contribution in [-0.4, -0.2) is 112 Å². The van der Waals surface area contributed by atoms with Crippen molar-refractivity contribution >= 4 is 17.9 Å². The van der Waals surface area contributed by atoms with Crippen molar-refractivity contribution in [2.45, 2.75) is 109 Å². The Kier molecular flexibility index (Phi) is 13.0. The fraction of sp³-hybridized carbons (Fsp3) is 0.900. The molecular weight excluding hydrogens is 552 g/mol. The Labute approximate surface area is 249 Å². The van der Waals surface area contributed by atoms with Crippen LogP contribution in [0.4, 0.5) is 0 Å². The number of hydrogen-bond donors (Lipinski definition) is 0. The average Bonchev–Trinajstić information content (AvgIpc) is 3.72. The van der Waals surface area contributed by atoms with E-state index >= 15 is 0 Å². The van der Waals surface area contributed by atoms with Gasteiger partial charge in [0.05, 0.1) is 78.2 Å². The van der Waals surface area contributed by atoms with Crippen LogP contribution in [-0.2, 0) is 57.0 Å². The molecule has 3 rings (SSSR count). The molecule has 0 aromatic heterocycles. The van der Waals surface area contributed by atoms with E-state index in [4.69, 9.17) is 42.6 Å². The summed E-state index contributed by atoms with van der Waals surface area (Å²) >= 11 is 0. The quantitative estimate of drug-likeness (QED) is 0.0734. The predicted octanol–water partition coefficient (Wildman–Crippen LogP) is 2.76. The normalized spacial score (nSPS) is 22.3. The van der Waals surface area contributed by atoms with Crippen molar-refractivity contribution in [3.63, 3.8) is 0 Å². The largest absolute Gasteiger partial charge is 0.460 e. The molecule has 0 bridgehead atoms. The summed E-state index contributed by atoms with van der Waals surface area (Å²) in [5.74, 6) is -2.97. The van der Waals surface area contributed by atoms with E-state index in [0.717, 1.165) is 0 Å². The summed E-state index contributed by atoms with van der Waals surface area (Å²) in [4.78, 5) is 39.3. The Hall–Kier alpha value is -1.83. The van der Waals surface area contributed by atoms with E-state index < -0.39 is 40.6 Å². The molecule has 0 spiro atoms. The fourth-order valence-electron chi connectivity index (χ4n) is 3.94. The Morgan fingerprint density at radius 2 is 0.905 bits per heavy atom. The lowest BCUT2D eigenvalue weighted by atomic mass is 9.99. The zero-order valence-corrected chi connectivity index (χ0v) is 26.1. The van der Waals surface area contributed by atoms with Crippen molar-refractivity contribution in [3.8, 4) is 0 Å². The Morgan fingerprint density at radius 3 is 1.21 bits per heavy atom. The minimum atomic E-state index is -1.08. The number of hydrogen-bond acceptors (Lipinski definition) is 12. The summed E-state index contributed by atoms with van der Waals surface area (Å²) in [6.07, 6.45) is 1.15. The summed E-state index contributed by atoms with van der Waals surface area (Å²) in [6, 6.07) is 0. The van der Waals surface area contributed by atoms with Crippen LogP contribution in [0.15, 0.2) is 0 Å². The zero-order valence-electron chi connectivity index (χ0n) is 26.1. The lowest BCUT2D eigenvalue weighted by molar-refractivity contribution is -0.175. The molecule has 0 aliphatic carbocycles. The molecule has 3 unspecified atom stereocenters. The van der Waals surface area contributed by atoms with E-state index in [-0.39, 0.29) is 31.2 Å². The molecule has 0 saturated carbocycles. The highest BCUT2D eigenvalue weighted by Crippen LogP contribution is 2.25. The predicted molar refractivity (Wildman–Crippen MR) is 149 cm³/mol. The highest BCUT2D eigenvalue weighted by molar-refractivity contribution is 5.84. The lowest BCUT2D eigenvalue weighted by Crippen LogP contribution is -2.37. The van der Waals surface area contributed by atoms with Crippen LogP contribution in [0.3, 0.4) is 0 Å². The maximum absolute atomic E-state index is 13.3. The summed E-state index contributed by atoms with van der Waals surface area (Å²) in [6.45, 7) is 15.4. The van der Waals surface area contributed by atoms with Crippen LogP contribution >= 0.6 is 0 Å². The molecule has 3 atom stereocenters. The van der Waals surface area contributed by atoms with Crippen LogP contribution in [0.25, 0.3) is 0 Å². The van der Waals surface area contributed by atoms with Gasteiger partial charge in [-0.15, -0.1) is 0 Å². The van der Waals surface area contributed by atoms with Gasteiger partial charge in [0.1, 0.15) is 35.1 Å². The zero-order chi connectivity index (χ0) is 30.8. The van der Waals surface area contributed by atoms with Gasteiger partial charge in [0, 0.05) is 19.3 Å². The van der Waals surface area contributed by atoms with Crippen LogP contribution < -0.4 is 0 Å². The Morgan fingerprint density at radius 1 is 0.595 bits per heavy atom. The van der Waals surface area contributed by atoms with Crippen LogP contribution in [0.2, 0.25) is 0 Å². The number of esters is 3. The van der Waals surface area contributed by atoms with Crippen molar-refractivity contribution in [2.75, 3.05) is 59.5 Å². The number of rotatable bonds is 23. The molecule has 0 aromatic carbocycles. The smallest absolute Gasteiger partial charge is 0.310 e. The van der Waals surface area contributed by atoms with Crippen molar-refractivity contribution in [2.24, 2.45) is 5.92 Å². The molecule has 12 nitrogen and oxygen atoms in total. The molecule has 42 heavy (non-hydrogen) atoms. The Bertz CT molecular complexity index is 826. The average molecular weight is 603 g/mol. The van der Waals surface area contributed by atoms with Gasteiger partial charge in [-0.3, -0.25) is 14.4 Å². The Balaban J connectivity index is 1.51. The van der Waals surface area contributed by atoms with Crippen molar-refractivity contribution in [1.82, 2.24) is 0 Å². The first-order valence-electron chi connectivity index (χ1n) is 15.0. The molecular formula is C30H50O12. The van der Waals surface area contributed by atoms with Gasteiger partial charge >= 0.3 is 17.9 Å². The van der Waals surface area contributed by atoms with Crippen LogP contribution in [0, 0.1) is 5.92 Å². The first-order chi connectivity index (χ1) is 19.7. The molecule has 12 heteroatoms. The lowest BCUT2D eigenvalue weighted by Gasteiger charge is -2.30. The van der Waals surface area contributed by atoms with Gasteiger partial charge in [0.15, 0.2) is 0 Å². The molecule has 0 radical (unpaired) electrons. The molecule has 3 heterocycles. The third-order valence-corrected chi connectivity index (χ3v) is 6.98. The molecule has 3 aliphatic heterocycles. The van der Waals surface area contributed by atoms with Crippen molar-refractivity contribution in [1.29, 1.82) is 0 Å². The van der Waals surface area contributed by atoms with Crippen molar-refractivity contribution in [3.05, 3.63) is 0 Å². The SMILES string of the molecule is CC(C)(CCOCC1CO1)OC(=O)CC(CC(=O)OC(C)(C)CCOCC1CO1)C(=O)OC(C)(C)CCOCC1CO1. The minimum Gasteiger partial charge on any atom is -0.460 e. The van der Waals surface area contributed by atoms with E-state index in [9.17, 15) is 14.4 Å². The maximum Gasteiger partial charge on any atom is 0.310 e. The third kappa shape index (κ3) is 15.6. The molecule has 0 amide bonds. The number of epoxide rings is 3. The van der Waals surface area contributed by atoms with Gasteiger partial charge in [-0.1, -0.05) is 0 Å². The second kappa shape index (κ2) is 15.8. The first-order valence-corrected chi connectivity index (χ1v) is 15.0. The molecule has 0 N–H and O–H groups in total. The number of ether oxygens (including phenoxy) is 9.